The van der Waals surface area contributed by atoms with E-state index < -0.39 is 0 Å². The number of hydrogen-bond acceptors (Lipinski definition) is 3. The number of carbonyl (C=O) groups is 1. The lowest BCUT2D eigenvalue weighted by molar-refractivity contribution is 0.0938. The lowest BCUT2D eigenvalue weighted by atomic mass is 10.2. The van der Waals surface area contributed by atoms with Crippen molar-refractivity contribution < 1.29 is 4.79 Å². The third-order valence-electron chi connectivity index (χ3n) is 2.87. The van der Waals surface area contributed by atoms with Gasteiger partial charge in [-0.1, -0.05) is 24.7 Å². The van der Waals surface area contributed by atoms with Gasteiger partial charge < -0.3 is 11.1 Å². The molecular formula is C13H16N2OS. The van der Waals surface area contributed by atoms with Crippen molar-refractivity contribution >= 4 is 17.2 Å². The predicted octanol–water partition coefficient (Wildman–Crippen LogP) is 1.73. The molecule has 1 aliphatic rings. The van der Waals surface area contributed by atoms with Crippen molar-refractivity contribution in [2.45, 2.75) is 31.7 Å². The van der Waals surface area contributed by atoms with Gasteiger partial charge in [0.15, 0.2) is 0 Å². The van der Waals surface area contributed by atoms with Crippen LogP contribution in [0.1, 0.15) is 40.9 Å². The fraction of sp³-hybridized carbons (Fsp3) is 0.462. The fourth-order valence-electron chi connectivity index (χ4n) is 2.00. The van der Waals surface area contributed by atoms with Gasteiger partial charge in [-0.25, -0.2) is 0 Å². The Morgan fingerprint density at radius 3 is 3.00 bits per heavy atom. The van der Waals surface area contributed by atoms with Crippen LogP contribution in [-0.2, 0) is 0 Å². The van der Waals surface area contributed by atoms with Crippen LogP contribution in [0.25, 0.3) is 0 Å². The minimum absolute atomic E-state index is 0.0222. The van der Waals surface area contributed by atoms with Crippen LogP contribution in [0.2, 0.25) is 0 Å². The van der Waals surface area contributed by atoms with Crippen LogP contribution in [0.3, 0.4) is 0 Å². The van der Waals surface area contributed by atoms with E-state index in [0.29, 0.717) is 18.2 Å². The van der Waals surface area contributed by atoms with Crippen LogP contribution in [0.4, 0.5) is 0 Å². The number of thiophene rings is 1. The summed E-state index contributed by atoms with van der Waals surface area (Å²) in [6.07, 6.45) is 4.66. The zero-order valence-electron chi connectivity index (χ0n) is 9.66. The molecule has 0 aromatic carbocycles. The Morgan fingerprint density at radius 2 is 2.29 bits per heavy atom. The van der Waals surface area contributed by atoms with Gasteiger partial charge in [-0.15, -0.1) is 11.3 Å². The highest BCUT2D eigenvalue weighted by atomic mass is 32.1. The molecule has 1 aromatic rings. The number of hydrogen-bond donors (Lipinski definition) is 2. The van der Waals surface area contributed by atoms with Crippen molar-refractivity contribution in [3.8, 4) is 11.8 Å². The average molecular weight is 248 g/mol. The molecule has 1 saturated carbocycles. The number of amides is 1. The Morgan fingerprint density at radius 1 is 1.53 bits per heavy atom. The van der Waals surface area contributed by atoms with E-state index in [9.17, 15) is 4.79 Å². The molecule has 0 saturated heterocycles. The molecule has 0 spiro atoms. The van der Waals surface area contributed by atoms with E-state index in [0.717, 1.165) is 17.7 Å². The molecule has 3 nitrogen and oxygen atoms in total. The molecule has 1 aliphatic carbocycles. The van der Waals surface area contributed by atoms with Crippen molar-refractivity contribution in [3.05, 3.63) is 21.9 Å². The zero-order chi connectivity index (χ0) is 12.1. The van der Waals surface area contributed by atoms with Gasteiger partial charge in [0.25, 0.3) is 5.91 Å². The Kier molecular flexibility index (Phi) is 4.18. The molecule has 3 N–H and O–H groups in total. The highest BCUT2D eigenvalue weighted by molar-refractivity contribution is 7.10. The van der Waals surface area contributed by atoms with Crippen molar-refractivity contribution in [2.75, 3.05) is 6.54 Å². The highest BCUT2D eigenvalue weighted by Gasteiger charge is 2.18. The minimum atomic E-state index is 0.0222. The standard InChI is InChI=1S/C13H16N2OS/c14-7-3-6-12-8-10(9-17-12)13(16)15-11-4-1-2-5-11/h8-9,11H,1-2,4-5,7,14H2,(H,15,16). The maximum absolute atomic E-state index is 11.9. The maximum Gasteiger partial charge on any atom is 0.252 e. The number of carbonyl (C=O) groups excluding carboxylic acids is 1. The minimum Gasteiger partial charge on any atom is -0.349 e. The van der Waals surface area contributed by atoms with Gasteiger partial charge >= 0.3 is 0 Å². The molecule has 1 heterocycles. The van der Waals surface area contributed by atoms with E-state index in [4.69, 9.17) is 5.73 Å². The topological polar surface area (TPSA) is 55.1 Å². The smallest absolute Gasteiger partial charge is 0.252 e. The second-order valence-electron chi connectivity index (χ2n) is 4.16. The van der Waals surface area contributed by atoms with Crippen LogP contribution < -0.4 is 11.1 Å². The Bertz CT molecular complexity index is 449. The van der Waals surface area contributed by atoms with Gasteiger partial charge in [0, 0.05) is 11.4 Å². The zero-order valence-corrected chi connectivity index (χ0v) is 10.5. The molecule has 90 valence electrons. The van der Waals surface area contributed by atoms with Crippen molar-refractivity contribution in [2.24, 2.45) is 5.73 Å². The molecule has 4 heteroatoms. The van der Waals surface area contributed by atoms with Crippen molar-refractivity contribution in [1.29, 1.82) is 0 Å². The van der Waals surface area contributed by atoms with E-state index in [1.807, 2.05) is 11.4 Å². The summed E-state index contributed by atoms with van der Waals surface area (Å²) < 4.78 is 0. The molecule has 0 bridgehead atoms. The van der Waals surface area contributed by atoms with Gasteiger partial charge in [0.1, 0.15) is 0 Å². The predicted molar refractivity (Wildman–Crippen MR) is 70.0 cm³/mol. The number of nitrogens with two attached hydrogens (primary N) is 1. The second kappa shape index (κ2) is 5.85. The summed E-state index contributed by atoms with van der Waals surface area (Å²) in [5, 5.41) is 4.91. The first kappa shape index (κ1) is 12.2. The molecule has 0 aliphatic heterocycles. The summed E-state index contributed by atoms with van der Waals surface area (Å²) in [5.41, 5.74) is 6.01. The van der Waals surface area contributed by atoms with Crippen molar-refractivity contribution in [3.63, 3.8) is 0 Å². The van der Waals surface area contributed by atoms with Crippen molar-refractivity contribution in [1.82, 2.24) is 5.32 Å². The van der Waals surface area contributed by atoms with Gasteiger partial charge in [-0.3, -0.25) is 4.79 Å². The summed E-state index contributed by atoms with van der Waals surface area (Å²) in [5.74, 6) is 5.75. The first-order valence-corrected chi connectivity index (χ1v) is 6.76. The summed E-state index contributed by atoms with van der Waals surface area (Å²) >= 11 is 1.49. The first-order valence-electron chi connectivity index (χ1n) is 5.88. The molecule has 1 fully saturated rings. The van der Waals surface area contributed by atoms with Crippen LogP contribution in [0.5, 0.6) is 0 Å². The maximum atomic E-state index is 11.9. The third kappa shape index (κ3) is 3.32. The molecule has 1 amide bonds. The highest BCUT2D eigenvalue weighted by Crippen LogP contribution is 2.19. The molecule has 17 heavy (non-hydrogen) atoms. The molecule has 2 rings (SSSR count). The second-order valence-corrected chi connectivity index (χ2v) is 5.07. The van der Waals surface area contributed by atoms with E-state index in [2.05, 4.69) is 17.2 Å². The van der Waals surface area contributed by atoms with E-state index in [-0.39, 0.29) is 5.91 Å². The Labute approximate surface area is 105 Å². The van der Waals surface area contributed by atoms with E-state index in [1.165, 1.54) is 24.2 Å². The normalized spacial score (nSPS) is 15.4. The monoisotopic (exact) mass is 248 g/mol. The lowest BCUT2D eigenvalue weighted by Crippen LogP contribution is -2.32. The quantitative estimate of drug-likeness (QED) is 0.783. The summed E-state index contributed by atoms with van der Waals surface area (Å²) in [7, 11) is 0. The summed E-state index contributed by atoms with van der Waals surface area (Å²) in [6, 6.07) is 2.19. The van der Waals surface area contributed by atoms with E-state index >= 15 is 0 Å². The van der Waals surface area contributed by atoms with Gasteiger partial charge in [-0.2, -0.15) is 0 Å². The largest absolute Gasteiger partial charge is 0.349 e. The van der Waals surface area contributed by atoms with Gasteiger partial charge in [-0.05, 0) is 18.9 Å². The van der Waals surface area contributed by atoms with Gasteiger partial charge in [0.05, 0.1) is 17.0 Å². The Balaban J connectivity index is 1.96. The molecular weight excluding hydrogens is 232 g/mol. The molecule has 0 radical (unpaired) electrons. The number of nitrogens with one attached hydrogen (secondary N) is 1. The summed E-state index contributed by atoms with van der Waals surface area (Å²) in [4.78, 5) is 12.8. The molecule has 0 unspecified atom stereocenters. The van der Waals surface area contributed by atoms with Crippen LogP contribution in [-0.4, -0.2) is 18.5 Å². The van der Waals surface area contributed by atoms with Crippen LogP contribution >= 0.6 is 11.3 Å². The van der Waals surface area contributed by atoms with Crippen LogP contribution in [0.15, 0.2) is 11.4 Å². The Hall–Kier alpha value is -1.31. The van der Waals surface area contributed by atoms with E-state index in [1.54, 1.807) is 0 Å². The average Bonchev–Trinajstić information content (AvgIpc) is 2.96. The summed E-state index contributed by atoms with van der Waals surface area (Å²) in [6.45, 7) is 0.349. The van der Waals surface area contributed by atoms with Crippen LogP contribution in [0, 0.1) is 11.8 Å². The SMILES string of the molecule is NCC#Cc1cc(C(=O)NC2CCCC2)cs1. The lowest BCUT2D eigenvalue weighted by Gasteiger charge is -2.10. The van der Waals surface area contributed by atoms with Gasteiger partial charge in [0.2, 0.25) is 0 Å². The molecule has 1 aromatic heterocycles. The fourth-order valence-corrected chi connectivity index (χ4v) is 2.75. The first-order chi connectivity index (χ1) is 8.29. The molecule has 0 atom stereocenters. The number of rotatable bonds is 2. The third-order valence-corrected chi connectivity index (χ3v) is 3.71.